The van der Waals surface area contributed by atoms with Crippen molar-refractivity contribution < 1.29 is 33.6 Å². The van der Waals surface area contributed by atoms with Gasteiger partial charge in [-0.3, -0.25) is 14.2 Å². The predicted octanol–water partition coefficient (Wildman–Crippen LogP) is 5.28. The molecule has 2 heterocycles. The van der Waals surface area contributed by atoms with Crippen LogP contribution in [-0.2, 0) is 27.5 Å². The number of aliphatic hydroxyl groups is 1. The molecule has 0 unspecified atom stereocenters. The summed E-state index contributed by atoms with van der Waals surface area (Å²) in [7, 11) is 3.07. The third kappa shape index (κ3) is 6.79. The van der Waals surface area contributed by atoms with Gasteiger partial charge in [-0.1, -0.05) is 18.2 Å². The number of benzene rings is 3. The number of ether oxygens (including phenoxy) is 4. The van der Waals surface area contributed by atoms with E-state index in [2.05, 4.69) is 10.3 Å². The van der Waals surface area contributed by atoms with Gasteiger partial charge in [-0.2, -0.15) is 0 Å². The molecule has 11 heteroatoms. The summed E-state index contributed by atoms with van der Waals surface area (Å²) in [6.45, 7) is 4.17. The minimum absolute atomic E-state index is 0.192. The molecule has 3 aromatic carbocycles. The largest absolute Gasteiger partial charge is 0.493 e. The second kappa shape index (κ2) is 13.3. The van der Waals surface area contributed by atoms with Gasteiger partial charge in [-0.25, -0.2) is 9.78 Å². The summed E-state index contributed by atoms with van der Waals surface area (Å²) in [5, 5.41) is 15.4. The van der Waals surface area contributed by atoms with E-state index in [1.54, 1.807) is 57.3 Å². The molecule has 0 aliphatic rings. The number of para-hydroxylation sites is 1. The maximum atomic E-state index is 13.1. The van der Waals surface area contributed by atoms with Gasteiger partial charge < -0.3 is 29.4 Å². The number of hydrogen-bond acceptors (Lipinski definition) is 9. The Morgan fingerprint density at radius 2 is 1.67 bits per heavy atom. The topological polar surface area (TPSA) is 138 Å². The first-order valence-electron chi connectivity index (χ1n) is 14.5. The maximum Gasteiger partial charge on any atom is 0.408 e. The van der Waals surface area contributed by atoms with Crippen molar-refractivity contribution in [2.24, 2.45) is 0 Å². The number of carbonyl (C=O) groups is 2. The molecular weight excluding hydrogens is 590 g/mol. The van der Waals surface area contributed by atoms with Crippen molar-refractivity contribution in [3.63, 3.8) is 0 Å². The Labute approximate surface area is 265 Å². The molecule has 5 aromatic rings. The highest BCUT2D eigenvalue weighted by atomic mass is 16.6. The molecule has 0 radical (unpaired) electrons. The van der Waals surface area contributed by atoms with Gasteiger partial charge in [0.1, 0.15) is 24.6 Å². The smallest absolute Gasteiger partial charge is 0.408 e. The summed E-state index contributed by atoms with van der Waals surface area (Å²) in [5.74, 6) is 0.666. The quantitative estimate of drug-likeness (QED) is 0.210. The lowest BCUT2D eigenvalue weighted by Crippen LogP contribution is -2.36. The Morgan fingerprint density at radius 3 is 2.39 bits per heavy atom. The first-order chi connectivity index (χ1) is 22.0. The van der Waals surface area contributed by atoms with Gasteiger partial charge >= 0.3 is 12.1 Å². The summed E-state index contributed by atoms with van der Waals surface area (Å²) < 4.78 is 23.4. The fourth-order valence-electron chi connectivity index (χ4n) is 5.25. The Hall–Kier alpha value is -5.42. The molecule has 11 nitrogen and oxygen atoms in total. The van der Waals surface area contributed by atoms with Crippen LogP contribution >= 0.6 is 0 Å². The summed E-state index contributed by atoms with van der Waals surface area (Å²) in [6, 6.07) is 19.8. The van der Waals surface area contributed by atoms with Crippen molar-refractivity contribution in [1.29, 1.82) is 0 Å². The molecule has 0 atom stereocenters. The molecule has 0 aliphatic heterocycles. The first-order valence-corrected chi connectivity index (χ1v) is 14.5. The van der Waals surface area contributed by atoms with Crippen LogP contribution in [-0.4, -0.2) is 53.1 Å². The van der Waals surface area contributed by atoms with E-state index < -0.39 is 30.8 Å². The van der Waals surface area contributed by atoms with Gasteiger partial charge in [-0.05, 0) is 102 Å². The molecule has 0 saturated carbocycles. The minimum Gasteiger partial charge on any atom is -0.493 e. The van der Waals surface area contributed by atoms with Crippen molar-refractivity contribution in [3.05, 3.63) is 94.4 Å². The molecule has 5 rings (SSSR count). The normalized spacial score (nSPS) is 11.3. The summed E-state index contributed by atoms with van der Waals surface area (Å²) >= 11 is 0. The number of aliphatic hydroxyl groups excluding tert-OH is 1. The zero-order valence-corrected chi connectivity index (χ0v) is 26.2. The predicted molar refractivity (Wildman–Crippen MR) is 173 cm³/mol. The molecular formula is C35H35N3O8. The Morgan fingerprint density at radius 1 is 0.935 bits per heavy atom. The van der Waals surface area contributed by atoms with Crippen LogP contribution in [0.3, 0.4) is 0 Å². The number of hydrogen-bond donors (Lipinski definition) is 2. The second-order valence-electron chi connectivity index (χ2n) is 11.5. The highest BCUT2D eigenvalue weighted by molar-refractivity contribution is 6.01. The van der Waals surface area contributed by atoms with Crippen LogP contribution in [0.5, 0.6) is 11.5 Å². The molecule has 2 N–H and O–H groups in total. The van der Waals surface area contributed by atoms with Gasteiger partial charge in [0.25, 0.3) is 5.56 Å². The number of alkyl carbamates (subject to hydrolysis) is 1. The zero-order chi connectivity index (χ0) is 33.0. The molecule has 0 saturated heterocycles. The highest BCUT2D eigenvalue weighted by Gasteiger charge is 2.21. The lowest BCUT2D eigenvalue weighted by atomic mass is 9.90. The lowest BCUT2D eigenvalue weighted by molar-refractivity contribution is -0.143. The molecule has 0 fully saturated rings. The monoisotopic (exact) mass is 625 g/mol. The zero-order valence-electron chi connectivity index (χ0n) is 26.2. The minimum atomic E-state index is -0.742. The molecule has 0 spiro atoms. The van der Waals surface area contributed by atoms with Crippen LogP contribution in [0, 0.1) is 0 Å². The number of pyridine rings is 2. The van der Waals surface area contributed by atoms with Gasteiger partial charge in [0.15, 0.2) is 11.5 Å². The van der Waals surface area contributed by atoms with Gasteiger partial charge in [0.2, 0.25) is 0 Å². The Balaban J connectivity index is 1.60. The van der Waals surface area contributed by atoms with Gasteiger partial charge in [-0.15, -0.1) is 0 Å². The van der Waals surface area contributed by atoms with Crippen molar-refractivity contribution in [2.75, 3.05) is 20.8 Å². The third-order valence-corrected chi connectivity index (χ3v) is 7.23. The van der Waals surface area contributed by atoms with Crippen molar-refractivity contribution in [1.82, 2.24) is 14.9 Å². The standard InChI is InChI=1S/C35H35N3O8/c1-35(2,3)46-34(42)37-18-32(41)45-20-24-14-23-15-28(43-4)29(44-5)17-25(23)33(26(24)19-39)22-12-13-36-30(16-22)38-27-9-7-6-8-21(27)10-11-31(38)40/h6-17,39H,18-20H2,1-5H3,(H,37,42). The molecule has 2 aromatic heterocycles. The van der Waals surface area contributed by atoms with Crippen molar-refractivity contribution in [2.45, 2.75) is 39.6 Å². The number of carbonyl (C=O) groups excluding carboxylic acids is 2. The number of amides is 1. The molecule has 46 heavy (non-hydrogen) atoms. The van der Waals surface area contributed by atoms with E-state index in [1.165, 1.54) is 24.9 Å². The van der Waals surface area contributed by atoms with E-state index in [9.17, 15) is 19.5 Å². The summed E-state index contributed by atoms with van der Waals surface area (Å²) in [5.41, 5.74) is 2.05. The number of rotatable bonds is 9. The van der Waals surface area contributed by atoms with E-state index in [4.69, 9.17) is 18.9 Å². The Bertz CT molecular complexity index is 2000. The van der Waals surface area contributed by atoms with Crippen LogP contribution in [0.1, 0.15) is 31.9 Å². The van der Waals surface area contributed by atoms with E-state index in [0.717, 1.165) is 16.2 Å². The number of aromatic nitrogens is 2. The number of esters is 1. The van der Waals surface area contributed by atoms with Crippen LogP contribution in [0.4, 0.5) is 4.79 Å². The Kier molecular flexibility index (Phi) is 9.24. The highest BCUT2D eigenvalue weighted by Crippen LogP contribution is 2.41. The van der Waals surface area contributed by atoms with Crippen LogP contribution in [0.15, 0.2) is 77.7 Å². The van der Waals surface area contributed by atoms with E-state index >= 15 is 0 Å². The van der Waals surface area contributed by atoms with Crippen molar-refractivity contribution >= 4 is 33.7 Å². The van der Waals surface area contributed by atoms with E-state index in [0.29, 0.717) is 45.1 Å². The van der Waals surface area contributed by atoms with Crippen LogP contribution in [0.2, 0.25) is 0 Å². The average molecular weight is 626 g/mol. The van der Waals surface area contributed by atoms with E-state index in [1.807, 2.05) is 30.3 Å². The third-order valence-electron chi connectivity index (χ3n) is 7.23. The second-order valence-corrected chi connectivity index (χ2v) is 11.5. The van der Waals surface area contributed by atoms with Gasteiger partial charge in [0.05, 0.1) is 26.3 Å². The number of fused-ring (bicyclic) bond motifs is 2. The van der Waals surface area contributed by atoms with Crippen LogP contribution < -0.4 is 20.3 Å². The fourth-order valence-corrected chi connectivity index (χ4v) is 5.25. The summed E-state index contributed by atoms with van der Waals surface area (Å²) in [4.78, 5) is 42.2. The SMILES string of the molecule is COc1cc2cc(COC(=O)CNC(=O)OC(C)(C)C)c(CO)c(-c3ccnc(-n4c(=O)ccc5ccccc54)c3)c2cc1OC. The number of nitrogens with one attached hydrogen (secondary N) is 1. The lowest BCUT2D eigenvalue weighted by Gasteiger charge is -2.20. The number of methoxy groups -OCH3 is 2. The molecule has 0 bridgehead atoms. The molecule has 238 valence electrons. The molecule has 1 amide bonds. The number of nitrogens with zero attached hydrogens (tertiary/aromatic N) is 2. The maximum absolute atomic E-state index is 13.1. The van der Waals surface area contributed by atoms with E-state index in [-0.39, 0.29) is 12.2 Å². The fraction of sp³-hybridized carbons (Fsp3) is 0.257. The first kappa shape index (κ1) is 32.0. The van der Waals surface area contributed by atoms with Crippen molar-refractivity contribution in [3.8, 4) is 28.4 Å². The van der Waals surface area contributed by atoms with Gasteiger partial charge in [0, 0.05) is 12.3 Å². The molecule has 0 aliphatic carbocycles. The van der Waals surface area contributed by atoms with Crippen LogP contribution in [0.25, 0.3) is 38.6 Å². The summed E-state index contributed by atoms with van der Waals surface area (Å²) in [6.07, 6.45) is 0.857. The average Bonchev–Trinajstić information content (AvgIpc) is 3.04.